The summed E-state index contributed by atoms with van der Waals surface area (Å²) in [6.45, 7) is 26.5. The number of para-hydroxylation sites is 2. The molecule has 15 aromatic rings. The van der Waals surface area contributed by atoms with Gasteiger partial charge in [0, 0.05) is 72.5 Å². The van der Waals surface area contributed by atoms with Crippen molar-refractivity contribution >= 4 is 107 Å². The molecule has 0 radical (unpaired) electrons. The Hall–Kier alpha value is -11.9. The van der Waals surface area contributed by atoms with Crippen LogP contribution in [0.5, 0.6) is 0 Å². The Morgan fingerprint density at radius 2 is 0.765 bits per heavy atom. The van der Waals surface area contributed by atoms with Crippen molar-refractivity contribution in [3.63, 3.8) is 0 Å². The molecule has 13 aromatic carbocycles. The predicted octanol–water partition coefficient (Wildman–Crippen LogP) is 22.8. The fourth-order valence-electron chi connectivity index (χ4n) is 15.7. The van der Waals surface area contributed by atoms with Crippen LogP contribution in [0.25, 0.3) is 104 Å². The molecule has 4 heterocycles. The van der Waals surface area contributed by atoms with Gasteiger partial charge in [-0.05, 0) is 181 Å². The predicted molar refractivity (Wildman–Crippen MR) is 413 cm³/mol. The summed E-state index contributed by atoms with van der Waals surface area (Å²) >= 11 is 0. The second-order valence-electron chi connectivity index (χ2n) is 28.9. The van der Waals surface area contributed by atoms with E-state index in [2.05, 4.69) is 346 Å². The largest absolute Gasteiger partial charge is 0.310 e. The molecule has 98 heavy (non-hydrogen) atoms. The Labute approximate surface area is 574 Å². The van der Waals surface area contributed by atoms with Crippen molar-refractivity contribution in [3.05, 3.63) is 313 Å². The Bertz CT molecular complexity index is 5360. The van der Waals surface area contributed by atoms with Crippen LogP contribution in [0.4, 0.5) is 39.8 Å². The minimum Gasteiger partial charge on any atom is -0.310 e. The van der Waals surface area contributed by atoms with Gasteiger partial charge >= 0.3 is 0 Å². The lowest BCUT2D eigenvalue weighted by atomic mass is 9.33. The topological polar surface area (TPSA) is 44.5 Å². The molecule has 6 nitrogen and oxygen atoms in total. The third-order valence-electron chi connectivity index (χ3n) is 20.6. The van der Waals surface area contributed by atoms with Gasteiger partial charge < -0.3 is 18.9 Å². The van der Waals surface area contributed by atoms with E-state index in [1.54, 1.807) is 0 Å². The van der Waals surface area contributed by atoms with Crippen LogP contribution in [0.1, 0.15) is 83.6 Å². The van der Waals surface area contributed by atoms with Crippen molar-refractivity contribution < 1.29 is 0 Å². The zero-order valence-corrected chi connectivity index (χ0v) is 56.4. The number of anilines is 6. The summed E-state index contributed by atoms with van der Waals surface area (Å²) in [6.07, 6.45) is 0. The molecule has 468 valence electrons. The van der Waals surface area contributed by atoms with Crippen LogP contribution < -0.4 is 26.2 Å². The van der Waals surface area contributed by atoms with Crippen LogP contribution >= 0.6 is 0 Å². The number of nitrogens with zero attached hydrogens (tertiary/aromatic N) is 6. The number of fused-ring (bicyclic) bond motifs is 10. The highest BCUT2D eigenvalue weighted by Crippen LogP contribution is 2.55. The van der Waals surface area contributed by atoms with Gasteiger partial charge in [-0.3, -0.25) is 0 Å². The standard InChI is InChI=1S/C91H71BN6/c1-57(2)63-47-85-87-86(48-63)98(89-73(61-30-18-12-19-31-61)51-65(91(6,7)8)52-74(89)62-32-20-13-21-33-62)84-55-68(96-80-37-25-23-35-70(80)76-53-66(94-9)39-45-82(76)96)41-43-78(84)92(87)77-42-40-67(95-79-36-24-22-34-69(79)75-46-58(56-93)38-44-81(75)95)54-83(77)97(85)88-71(59-26-14-10-15-27-59)49-64(90(3,4)5)50-72(88)60-28-16-11-17-29-60/h10-55,57H,1-8H3. The molecule has 0 unspecified atom stereocenters. The number of nitriles is 1. The third kappa shape index (κ3) is 9.59. The average molecular weight is 1260 g/mol. The van der Waals surface area contributed by atoms with Crippen molar-refractivity contribution in [2.75, 3.05) is 9.80 Å². The Balaban J connectivity index is 1.06. The second-order valence-corrected chi connectivity index (χ2v) is 28.9. The van der Waals surface area contributed by atoms with Crippen LogP contribution in [-0.2, 0) is 10.8 Å². The lowest BCUT2D eigenvalue weighted by Crippen LogP contribution is -2.61. The molecule has 0 aliphatic carbocycles. The molecule has 0 spiro atoms. The normalized spacial score (nSPS) is 12.7. The van der Waals surface area contributed by atoms with Crippen molar-refractivity contribution in [1.82, 2.24) is 9.13 Å². The van der Waals surface area contributed by atoms with Crippen LogP contribution in [0, 0.1) is 17.9 Å². The maximum Gasteiger partial charge on any atom is 0.252 e. The highest BCUT2D eigenvalue weighted by Gasteiger charge is 2.46. The number of rotatable bonds is 9. The fourth-order valence-corrected chi connectivity index (χ4v) is 15.7. The van der Waals surface area contributed by atoms with Gasteiger partial charge in [0.2, 0.25) is 0 Å². The van der Waals surface area contributed by atoms with E-state index in [0.29, 0.717) is 11.3 Å². The molecule has 0 amide bonds. The molecule has 17 rings (SSSR count). The molecule has 0 saturated carbocycles. The van der Waals surface area contributed by atoms with Crippen molar-refractivity contribution in [3.8, 4) is 62.0 Å². The van der Waals surface area contributed by atoms with Crippen LogP contribution in [0.15, 0.2) is 279 Å². The summed E-state index contributed by atoms with van der Waals surface area (Å²) in [6, 6.07) is 106. The quantitative estimate of drug-likeness (QED) is 0.107. The smallest absolute Gasteiger partial charge is 0.252 e. The van der Waals surface area contributed by atoms with Gasteiger partial charge in [-0.25, -0.2) is 4.85 Å². The first-order valence-electron chi connectivity index (χ1n) is 34.1. The van der Waals surface area contributed by atoms with Crippen molar-refractivity contribution in [2.45, 2.75) is 72.1 Å². The van der Waals surface area contributed by atoms with Crippen molar-refractivity contribution in [2.24, 2.45) is 0 Å². The molecule has 2 aliphatic rings. The summed E-state index contributed by atoms with van der Waals surface area (Å²) in [5.41, 5.74) is 30.0. The Kier molecular flexibility index (Phi) is 14.0. The lowest BCUT2D eigenvalue weighted by molar-refractivity contribution is 0.590. The molecule has 0 saturated heterocycles. The fraction of sp³-hybridized carbons (Fsp3) is 0.121. The van der Waals surface area contributed by atoms with Gasteiger partial charge in [0.25, 0.3) is 6.71 Å². The number of benzene rings is 13. The maximum atomic E-state index is 10.4. The molecule has 0 bridgehead atoms. The number of aromatic nitrogens is 2. The van der Waals surface area contributed by atoms with Gasteiger partial charge in [-0.1, -0.05) is 231 Å². The first kappa shape index (κ1) is 59.8. The van der Waals surface area contributed by atoms with E-state index >= 15 is 0 Å². The summed E-state index contributed by atoms with van der Waals surface area (Å²) in [4.78, 5) is 9.28. The Morgan fingerprint density at radius 3 is 1.15 bits per heavy atom. The van der Waals surface area contributed by atoms with E-state index in [1.807, 2.05) is 18.2 Å². The minimum absolute atomic E-state index is 0.101. The number of hydrogen-bond donors (Lipinski definition) is 0. The minimum atomic E-state index is -0.277. The molecule has 2 aromatic heterocycles. The molecular formula is C91H71BN6. The first-order valence-corrected chi connectivity index (χ1v) is 34.1. The average Bonchev–Trinajstić information content (AvgIpc) is 0.727. The van der Waals surface area contributed by atoms with Gasteiger partial charge in [-0.15, -0.1) is 0 Å². The summed E-state index contributed by atoms with van der Waals surface area (Å²) in [5.74, 6) is 0.101. The van der Waals surface area contributed by atoms with E-state index in [9.17, 15) is 5.26 Å². The van der Waals surface area contributed by atoms with Gasteiger partial charge in [-0.2, -0.15) is 5.26 Å². The summed E-state index contributed by atoms with van der Waals surface area (Å²) in [5, 5.41) is 14.6. The highest BCUT2D eigenvalue weighted by atomic mass is 15.2. The second kappa shape index (κ2) is 22.9. The molecular weight excluding hydrogens is 1190 g/mol. The summed E-state index contributed by atoms with van der Waals surface area (Å²) < 4.78 is 4.81. The number of hydrogen-bond acceptors (Lipinski definition) is 3. The van der Waals surface area contributed by atoms with Crippen LogP contribution in [-0.4, -0.2) is 15.8 Å². The zero-order chi connectivity index (χ0) is 66.9. The van der Waals surface area contributed by atoms with Gasteiger partial charge in [0.05, 0.1) is 51.6 Å². The van der Waals surface area contributed by atoms with Crippen LogP contribution in [0.2, 0.25) is 0 Å². The van der Waals surface area contributed by atoms with Gasteiger partial charge in [0.1, 0.15) is 0 Å². The Morgan fingerprint density at radius 1 is 0.388 bits per heavy atom. The SMILES string of the molecule is [C-]#[N+]c1ccc2c(c1)c1ccccc1n2-c1ccc2c(c1)N(c1c(-c3ccccc3)cc(C(C)(C)C)cc1-c1ccccc1)c1cc(C(C)C)cc3c1B2c1ccc(-n2c4ccccc4c4cc(C#N)ccc42)cc1N3c1c(-c2ccccc2)cc(C(C)(C)C)cc1-c1ccccc1. The highest BCUT2D eigenvalue weighted by molar-refractivity contribution is 7.00. The monoisotopic (exact) mass is 1260 g/mol. The summed E-state index contributed by atoms with van der Waals surface area (Å²) in [7, 11) is 0. The lowest BCUT2D eigenvalue weighted by Gasteiger charge is -2.46. The maximum absolute atomic E-state index is 10.4. The third-order valence-corrected chi connectivity index (χ3v) is 20.6. The molecule has 0 fully saturated rings. The molecule has 7 heteroatoms. The molecule has 0 N–H and O–H groups in total. The molecule has 0 atom stereocenters. The van der Waals surface area contributed by atoms with E-state index in [0.717, 1.165) is 134 Å². The first-order chi connectivity index (χ1) is 47.6. The molecule has 2 aliphatic heterocycles. The van der Waals surface area contributed by atoms with Gasteiger partial charge in [0.15, 0.2) is 5.69 Å². The van der Waals surface area contributed by atoms with Crippen molar-refractivity contribution in [1.29, 1.82) is 5.26 Å². The zero-order valence-electron chi connectivity index (χ0n) is 56.4. The van der Waals surface area contributed by atoms with E-state index in [-0.39, 0.29) is 23.5 Å². The van der Waals surface area contributed by atoms with E-state index in [4.69, 9.17) is 6.57 Å². The van der Waals surface area contributed by atoms with E-state index < -0.39 is 0 Å². The van der Waals surface area contributed by atoms with E-state index in [1.165, 1.54) is 33.1 Å². The van der Waals surface area contributed by atoms with Crippen LogP contribution in [0.3, 0.4) is 0 Å².